The molecule has 0 bridgehead atoms. The Bertz CT molecular complexity index is 376. The van der Waals surface area contributed by atoms with E-state index in [0.29, 0.717) is 6.54 Å². The van der Waals surface area contributed by atoms with E-state index in [-0.39, 0.29) is 0 Å². The summed E-state index contributed by atoms with van der Waals surface area (Å²) in [6.45, 7) is 2.37. The molecule has 1 aromatic rings. The molecule has 1 unspecified atom stereocenters. The smallest absolute Gasteiger partial charge is 0.260 e. The zero-order valence-electron chi connectivity index (χ0n) is 7.91. The van der Waals surface area contributed by atoms with Crippen LogP contribution in [0.2, 0.25) is 0 Å². The number of hydrogen-bond donors (Lipinski definition) is 2. The van der Waals surface area contributed by atoms with E-state index in [0.717, 1.165) is 17.0 Å². The van der Waals surface area contributed by atoms with Crippen molar-refractivity contribution in [2.75, 3.05) is 11.9 Å². The third kappa shape index (κ3) is 1.39. The molecule has 0 spiro atoms. The van der Waals surface area contributed by atoms with Gasteiger partial charge in [0.1, 0.15) is 5.75 Å². The van der Waals surface area contributed by atoms with Crippen LogP contribution in [0.4, 0.5) is 5.69 Å². The van der Waals surface area contributed by atoms with Crippen LogP contribution in [0.1, 0.15) is 5.56 Å². The molecule has 0 radical (unpaired) electrons. The summed E-state index contributed by atoms with van der Waals surface area (Å²) >= 11 is 0. The maximum Gasteiger partial charge on any atom is 0.260 e. The lowest BCUT2D eigenvalue weighted by Gasteiger charge is -2.26. The molecular formula is C10H12N2O2. The molecule has 14 heavy (non-hydrogen) atoms. The monoisotopic (exact) mass is 192 g/mol. The van der Waals surface area contributed by atoms with Crippen molar-refractivity contribution in [3.63, 3.8) is 0 Å². The molecule has 1 aromatic carbocycles. The van der Waals surface area contributed by atoms with Crippen LogP contribution in [-0.2, 0) is 4.79 Å². The number of nitrogens with two attached hydrogens (primary N) is 1. The van der Waals surface area contributed by atoms with Crippen LogP contribution in [0, 0.1) is 6.92 Å². The first kappa shape index (κ1) is 8.87. The Morgan fingerprint density at radius 3 is 3.14 bits per heavy atom. The number of amides is 1. The Kier molecular flexibility index (Phi) is 2.04. The van der Waals surface area contributed by atoms with Crippen LogP contribution in [0.3, 0.4) is 0 Å². The second-order valence-corrected chi connectivity index (χ2v) is 3.34. The van der Waals surface area contributed by atoms with E-state index in [9.17, 15) is 4.79 Å². The Morgan fingerprint density at radius 2 is 2.43 bits per heavy atom. The SMILES string of the molecule is Cc1cccc2c1OC(C(N)=O)CN2. The van der Waals surface area contributed by atoms with E-state index in [1.165, 1.54) is 0 Å². The van der Waals surface area contributed by atoms with E-state index < -0.39 is 12.0 Å². The Labute approximate surface area is 82.1 Å². The van der Waals surface area contributed by atoms with Crippen LogP contribution in [0.25, 0.3) is 0 Å². The molecule has 1 aliphatic heterocycles. The zero-order chi connectivity index (χ0) is 10.1. The number of primary amides is 1. The molecular weight excluding hydrogens is 180 g/mol. The lowest BCUT2D eigenvalue weighted by Crippen LogP contribution is -2.42. The number of ether oxygens (including phenoxy) is 1. The fourth-order valence-electron chi connectivity index (χ4n) is 1.49. The number of hydrogen-bond acceptors (Lipinski definition) is 3. The van der Waals surface area contributed by atoms with Gasteiger partial charge in [0.05, 0.1) is 12.2 Å². The molecule has 0 aliphatic carbocycles. The van der Waals surface area contributed by atoms with Crippen molar-refractivity contribution in [2.45, 2.75) is 13.0 Å². The van der Waals surface area contributed by atoms with Gasteiger partial charge in [-0.05, 0) is 18.6 Å². The standard InChI is InChI=1S/C10H12N2O2/c1-6-3-2-4-7-9(6)14-8(5-12-7)10(11)13/h2-4,8,12H,5H2,1H3,(H2,11,13). The van der Waals surface area contributed by atoms with Gasteiger partial charge < -0.3 is 15.8 Å². The van der Waals surface area contributed by atoms with E-state index >= 15 is 0 Å². The summed E-state index contributed by atoms with van der Waals surface area (Å²) in [5.74, 6) is 0.286. The zero-order valence-corrected chi connectivity index (χ0v) is 7.91. The minimum absolute atomic E-state index is 0.436. The maximum absolute atomic E-state index is 10.9. The van der Waals surface area contributed by atoms with Crippen molar-refractivity contribution >= 4 is 11.6 Å². The summed E-state index contributed by atoms with van der Waals surface area (Å²) in [5.41, 5.74) is 7.09. The van der Waals surface area contributed by atoms with Crippen molar-refractivity contribution in [1.82, 2.24) is 0 Å². The summed E-state index contributed by atoms with van der Waals surface area (Å²) in [7, 11) is 0. The number of benzene rings is 1. The number of para-hydroxylation sites is 1. The average Bonchev–Trinajstić information content (AvgIpc) is 2.18. The highest BCUT2D eigenvalue weighted by molar-refractivity contribution is 5.81. The van der Waals surface area contributed by atoms with Gasteiger partial charge in [0.2, 0.25) is 0 Å². The first-order valence-electron chi connectivity index (χ1n) is 4.48. The number of aryl methyl sites for hydroxylation is 1. The summed E-state index contributed by atoms with van der Waals surface area (Å²) in [4.78, 5) is 10.9. The van der Waals surface area contributed by atoms with Crippen molar-refractivity contribution in [3.8, 4) is 5.75 Å². The van der Waals surface area contributed by atoms with Gasteiger partial charge in [-0.2, -0.15) is 0 Å². The van der Waals surface area contributed by atoms with Crippen molar-refractivity contribution in [1.29, 1.82) is 0 Å². The van der Waals surface area contributed by atoms with Crippen molar-refractivity contribution in [3.05, 3.63) is 23.8 Å². The second kappa shape index (κ2) is 3.21. The first-order chi connectivity index (χ1) is 6.68. The van der Waals surface area contributed by atoms with Crippen LogP contribution in [0.5, 0.6) is 5.75 Å². The summed E-state index contributed by atoms with van der Waals surface area (Å²) in [6.07, 6.45) is -0.566. The number of carbonyl (C=O) groups excluding carboxylic acids is 1. The quantitative estimate of drug-likeness (QED) is 0.686. The van der Waals surface area contributed by atoms with Crippen LogP contribution in [0.15, 0.2) is 18.2 Å². The highest BCUT2D eigenvalue weighted by Gasteiger charge is 2.24. The molecule has 1 amide bonds. The van der Waals surface area contributed by atoms with Gasteiger partial charge >= 0.3 is 0 Å². The summed E-state index contributed by atoms with van der Waals surface area (Å²) in [5, 5.41) is 3.11. The lowest BCUT2D eigenvalue weighted by atomic mass is 10.1. The van der Waals surface area contributed by atoms with Gasteiger partial charge in [-0.15, -0.1) is 0 Å². The van der Waals surface area contributed by atoms with Gasteiger partial charge in [0.25, 0.3) is 5.91 Å². The van der Waals surface area contributed by atoms with Crippen LogP contribution < -0.4 is 15.8 Å². The van der Waals surface area contributed by atoms with Gasteiger partial charge in [0.15, 0.2) is 6.10 Å². The molecule has 4 heteroatoms. The third-order valence-corrected chi connectivity index (χ3v) is 2.27. The molecule has 0 saturated heterocycles. The van der Waals surface area contributed by atoms with Crippen LogP contribution in [-0.4, -0.2) is 18.6 Å². The molecule has 1 aliphatic rings. The largest absolute Gasteiger partial charge is 0.476 e. The van der Waals surface area contributed by atoms with Gasteiger partial charge in [-0.1, -0.05) is 12.1 Å². The van der Waals surface area contributed by atoms with E-state index in [2.05, 4.69) is 5.32 Å². The third-order valence-electron chi connectivity index (χ3n) is 2.27. The number of rotatable bonds is 1. The molecule has 2 rings (SSSR count). The van der Waals surface area contributed by atoms with E-state index in [1.807, 2.05) is 25.1 Å². The normalized spacial score (nSPS) is 19.1. The number of anilines is 1. The fourth-order valence-corrected chi connectivity index (χ4v) is 1.49. The number of carbonyl (C=O) groups is 1. The molecule has 3 N–H and O–H groups in total. The second-order valence-electron chi connectivity index (χ2n) is 3.34. The van der Waals surface area contributed by atoms with E-state index in [1.54, 1.807) is 0 Å². The van der Waals surface area contributed by atoms with Gasteiger partial charge in [0, 0.05) is 0 Å². The lowest BCUT2D eigenvalue weighted by molar-refractivity contribution is -0.124. The first-order valence-corrected chi connectivity index (χ1v) is 4.48. The molecule has 0 fully saturated rings. The van der Waals surface area contributed by atoms with E-state index in [4.69, 9.17) is 10.5 Å². The predicted molar refractivity (Wildman–Crippen MR) is 53.3 cm³/mol. The molecule has 1 heterocycles. The minimum atomic E-state index is -0.566. The Hall–Kier alpha value is -1.71. The number of nitrogens with one attached hydrogen (secondary N) is 1. The highest BCUT2D eigenvalue weighted by Crippen LogP contribution is 2.31. The number of fused-ring (bicyclic) bond motifs is 1. The summed E-state index contributed by atoms with van der Waals surface area (Å²) < 4.78 is 5.49. The molecule has 4 nitrogen and oxygen atoms in total. The van der Waals surface area contributed by atoms with Crippen LogP contribution >= 0.6 is 0 Å². The fraction of sp³-hybridized carbons (Fsp3) is 0.300. The molecule has 74 valence electrons. The summed E-state index contributed by atoms with van der Waals surface area (Å²) in [6, 6.07) is 5.79. The molecule has 1 atom stereocenters. The maximum atomic E-state index is 10.9. The van der Waals surface area contributed by atoms with Gasteiger partial charge in [-0.3, -0.25) is 4.79 Å². The predicted octanol–water partition coefficient (Wildman–Crippen LogP) is 0.653. The van der Waals surface area contributed by atoms with Crippen molar-refractivity contribution < 1.29 is 9.53 Å². The highest BCUT2D eigenvalue weighted by atomic mass is 16.5. The molecule has 0 saturated carbocycles. The minimum Gasteiger partial charge on any atom is -0.476 e. The average molecular weight is 192 g/mol. The van der Waals surface area contributed by atoms with Crippen molar-refractivity contribution in [2.24, 2.45) is 5.73 Å². The van der Waals surface area contributed by atoms with Gasteiger partial charge in [-0.25, -0.2) is 0 Å². The topological polar surface area (TPSA) is 64.3 Å². The Balaban J connectivity index is 2.33. The molecule has 0 aromatic heterocycles. The Morgan fingerprint density at radius 1 is 1.64 bits per heavy atom.